The summed E-state index contributed by atoms with van der Waals surface area (Å²) in [6.45, 7) is 1.64. The molecule has 34 heavy (non-hydrogen) atoms. The van der Waals surface area contributed by atoms with Crippen LogP contribution in [0.2, 0.25) is 5.15 Å². The van der Waals surface area contributed by atoms with Gasteiger partial charge < -0.3 is 15.3 Å². The third kappa shape index (κ3) is 4.68. The molecule has 0 bridgehead atoms. The second-order valence-electron chi connectivity index (χ2n) is 7.91. The number of nitriles is 1. The van der Waals surface area contributed by atoms with E-state index in [9.17, 15) is 28.3 Å². The molecule has 1 saturated heterocycles. The van der Waals surface area contributed by atoms with E-state index in [2.05, 4.69) is 20.3 Å². The summed E-state index contributed by atoms with van der Waals surface area (Å²) in [7, 11) is 0. The fourth-order valence-corrected chi connectivity index (χ4v) is 3.99. The lowest BCUT2D eigenvalue weighted by Crippen LogP contribution is -2.40. The molecule has 8 nitrogen and oxygen atoms in total. The predicted octanol–water partition coefficient (Wildman–Crippen LogP) is 4.80. The van der Waals surface area contributed by atoms with Crippen LogP contribution >= 0.6 is 11.6 Å². The Balaban J connectivity index is 1.77. The second-order valence-corrected chi connectivity index (χ2v) is 8.30. The Hall–Kier alpha value is -3.65. The number of hydrogen-bond donors (Lipinski definition) is 2. The van der Waals surface area contributed by atoms with Gasteiger partial charge in [-0.05, 0) is 25.1 Å². The van der Waals surface area contributed by atoms with Crippen LogP contribution in [-0.2, 0) is 0 Å². The SMILES string of the molecule is C[C@@H](Nc1ccc(Cl)nc1C(=O)O)c1cc(F)cc2nc(C#N)c(N3CCC(F)(F)CC3)nc12. The molecule has 3 aromatic rings. The van der Waals surface area contributed by atoms with Crippen LogP contribution in [0.4, 0.5) is 24.7 Å². The maximum absolute atomic E-state index is 14.4. The number of hydrogen-bond acceptors (Lipinski definition) is 7. The highest BCUT2D eigenvalue weighted by atomic mass is 35.5. The van der Waals surface area contributed by atoms with Crippen LogP contribution in [0.3, 0.4) is 0 Å². The predicted molar refractivity (Wildman–Crippen MR) is 119 cm³/mol. The number of anilines is 2. The van der Waals surface area contributed by atoms with Crippen molar-refractivity contribution in [2.24, 2.45) is 0 Å². The summed E-state index contributed by atoms with van der Waals surface area (Å²) in [5.41, 5.74) is 0.451. The standard InChI is InChI=1S/C22H18ClF3N6O2/c1-11(28-14-2-3-17(23)30-19(14)21(33)34)13-8-12(24)9-15-18(13)31-20(16(10-27)29-15)32-6-4-22(25,26)5-7-32/h2-3,8-9,11,28H,4-7H2,1H3,(H,33,34)/t11-/m1/s1. The van der Waals surface area contributed by atoms with Crippen molar-refractivity contribution in [3.05, 3.63) is 52.2 Å². The third-order valence-electron chi connectivity index (χ3n) is 5.55. The number of aromatic carboxylic acids is 1. The van der Waals surface area contributed by atoms with Crippen molar-refractivity contribution in [2.45, 2.75) is 31.7 Å². The molecule has 1 atom stereocenters. The lowest BCUT2D eigenvalue weighted by molar-refractivity contribution is -0.0221. The van der Waals surface area contributed by atoms with E-state index in [1.807, 2.05) is 6.07 Å². The van der Waals surface area contributed by atoms with Crippen molar-refractivity contribution in [3.8, 4) is 6.07 Å². The van der Waals surface area contributed by atoms with Crippen LogP contribution in [0.5, 0.6) is 0 Å². The molecule has 12 heteroatoms. The molecule has 3 heterocycles. The molecule has 0 spiro atoms. The van der Waals surface area contributed by atoms with Gasteiger partial charge in [-0.1, -0.05) is 11.6 Å². The molecule has 1 aliphatic heterocycles. The Labute approximate surface area is 197 Å². The van der Waals surface area contributed by atoms with Gasteiger partial charge in [0.2, 0.25) is 0 Å². The molecule has 0 radical (unpaired) electrons. The van der Waals surface area contributed by atoms with Crippen molar-refractivity contribution >= 4 is 40.1 Å². The topological polar surface area (TPSA) is 115 Å². The van der Waals surface area contributed by atoms with Crippen LogP contribution in [0.1, 0.15) is 47.6 Å². The van der Waals surface area contributed by atoms with E-state index >= 15 is 0 Å². The number of carboxylic acids is 1. The van der Waals surface area contributed by atoms with E-state index in [1.54, 1.807) is 11.8 Å². The summed E-state index contributed by atoms with van der Waals surface area (Å²) in [5.74, 6) is -4.57. The summed E-state index contributed by atoms with van der Waals surface area (Å²) in [4.78, 5) is 25.7. The Morgan fingerprint density at radius 3 is 2.62 bits per heavy atom. The van der Waals surface area contributed by atoms with Crippen molar-refractivity contribution in [1.82, 2.24) is 15.0 Å². The van der Waals surface area contributed by atoms with Gasteiger partial charge in [0.1, 0.15) is 17.0 Å². The summed E-state index contributed by atoms with van der Waals surface area (Å²) >= 11 is 5.80. The average molecular weight is 491 g/mol. The zero-order valence-corrected chi connectivity index (χ0v) is 18.6. The van der Waals surface area contributed by atoms with Gasteiger partial charge in [-0.2, -0.15) is 5.26 Å². The number of carboxylic acid groups (broad SMARTS) is 1. The van der Waals surface area contributed by atoms with Crippen molar-refractivity contribution < 1.29 is 23.1 Å². The summed E-state index contributed by atoms with van der Waals surface area (Å²) in [6.07, 6.45) is -0.763. The van der Waals surface area contributed by atoms with E-state index in [0.717, 1.165) is 6.07 Å². The number of piperidine rings is 1. The molecular formula is C22H18ClF3N6O2. The Bertz CT molecular complexity index is 1320. The van der Waals surface area contributed by atoms with Gasteiger partial charge in [-0.15, -0.1) is 0 Å². The lowest BCUT2D eigenvalue weighted by Gasteiger charge is -2.32. The van der Waals surface area contributed by atoms with Gasteiger partial charge in [-0.3, -0.25) is 0 Å². The molecule has 1 aromatic carbocycles. The molecule has 1 fully saturated rings. The van der Waals surface area contributed by atoms with Gasteiger partial charge in [0.15, 0.2) is 17.2 Å². The highest BCUT2D eigenvalue weighted by molar-refractivity contribution is 6.29. The molecule has 0 saturated carbocycles. The molecule has 2 aromatic heterocycles. The summed E-state index contributed by atoms with van der Waals surface area (Å²) < 4.78 is 41.7. The van der Waals surface area contributed by atoms with Gasteiger partial charge in [0.25, 0.3) is 5.92 Å². The van der Waals surface area contributed by atoms with Crippen molar-refractivity contribution in [1.29, 1.82) is 5.26 Å². The summed E-state index contributed by atoms with van der Waals surface area (Å²) in [6, 6.07) is 6.44. The first-order chi connectivity index (χ1) is 16.1. The Morgan fingerprint density at radius 1 is 1.26 bits per heavy atom. The van der Waals surface area contributed by atoms with Crippen LogP contribution < -0.4 is 10.2 Å². The minimum absolute atomic E-state index is 0.00143. The monoisotopic (exact) mass is 490 g/mol. The van der Waals surface area contributed by atoms with E-state index in [4.69, 9.17) is 11.6 Å². The smallest absolute Gasteiger partial charge is 0.356 e. The zero-order chi connectivity index (χ0) is 24.6. The highest BCUT2D eigenvalue weighted by Gasteiger charge is 2.35. The van der Waals surface area contributed by atoms with E-state index in [-0.39, 0.29) is 65.0 Å². The third-order valence-corrected chi connectivity index (χ3v) is 5.76. The first-order valence-corrected chi connectivity index (χ1v) is 10.7. The lowest BCUT2D eigenvalue weighted by atomic mass is 10.0. The largest absolute Gasteiger partial charge is 0.476 e. The fourth-order valence-electron chi connectivity index (χ4n) is 3.84. The van der Waals surface area contributed by atoms with Crippen molar-refractivity contribution in [3.63, 3.8) is 0 Å². The molecule has 1 aliphatic rings. The second kappa shape index (κ2) is 8.95. The van der Waals surface area contributed by atoms with Gasteiger partial charge in [0.05, 0.1) is 22.8 Å². The normalized spacial score (nSPS) is 16.2. The minimum atomic E-state index is -2.78. The van der Waals surface area contributed by atoms with Gasteiger partial charge >= 0.3 is 5.97 Å². The number of nitrogens with zero attached hydrogens (tertiary/aromatic N) is 5. The van der Waals surface area contributed by atoms with E-state index in [0.29, 0.717) is 5.56 Å². The minimum Gasteiger partial charge on any atom is -0.476 e. The Kier molecular flexibility index (Phi) is 6.18. The zero-order valence-electron chi connectivity index (χ0n) is 17.8. The maximum Gasteiger partial charge on any atom is 0.356 e. The number of halogens is 4. The number of fused-ring (bicyclic) bond motifs is 1. The number of aromatic nitrogens is 3. The average Bonchev–Trinajstić information content (AvgIpc) is 2.78. The number of benzene rings is 1. The highest BCUT2D eigenvalue weighted by Crippen LogP contribution is 2.33. The first-order valence-electron chi connectivity index (χ1n) is 10.3. The number of alkyl halides is 2. The Morgan fingerprint density at radius 2 is 1.97 bits per heavy atom. The molecule has 2 N–H and O–H groups in total. The molecule has 0 unspecified atom stereocenters. The van der Waals surface area contributed by atoms with Crippen LogP contribution in [0.15, 0.2) is 24.3 Å². The number of pyridine rings is 1. The van der Waals surface area contributed by atoms with E-state index in [1.165, 1.54) is 18.2 Å². The van der Waals surface area contributed by atoms with Crippen LogP contribution in [0, 0.1) is 17.1 Å². The summed E-state index contributed by atoms with van der Waals surface area (Å²) in [5, 5.41) is 22.0. The quantitative estimate of drug-likeness (QED) is 0.490. The number of carbonyl (C=O) groups is 1. The van der Waals surface area contributed by atoms with Gasteiger partial charge in [0, 0.05) is 37.6 Å². The molecule has 4 rings (SSSR count). The molecule has 0 aliphatic carbocycles. The van der Waals surface area contributed by atoms with Crippen LogP contribution in [-0.4, -0.2) is 45.0 Å². The number of nitrogens with one attached hydrogen (secondary N) is 1. The van der Waals surface area contributed by atoms with Gasteiger partial charge in [-0.25, -0.2) is 32.9 Å². The first kappa shape index (κ1) is 23.5. The molecule has 0 amide bonds. The van der Waals surface area contributed by atoms with Crippen LogP contribution in [0.25, 0.3) is 11.0 Å². The fraction of sp³-hybridized carbons (Fsp3) is 0.318. The number of rotatable bonds is 5. The van der Waals surface area contributed by atoms with E-state index < -0.39 is 23.8 Å². The molecular weight excluding hydrogens is 473 g/mol. The van der Waals surface area contributed by atoms with Crippen molar-refractivity contribution in [2.75, 3.05) is 23.3 Å². The maximum atomic E-state index is 14.4. The molecule has 176 valence electrons.